The van der Waals surface area contributed by atoms with Crippen molar-refractivity contribution < 1.29 is 35.9 Å². The Morgan fingerprint density at radius 1 is 1.31 bits per heavy atom. The fourth-order valence-corrected chi connectivity index (χ4v) is 0.554. The second-order valence-corrected chi connectivity index (χ2v) is 2.97. The van der Waals surface area contributed by atoms with Crippen molar-refractivity contribution >= 4 is 5.97 Å². The molecule has 0 heterocycles. The van der Waals surface area contributed by atoms with Gasteiger partial charge in [-0.2, -0.15) is 22.0 Å². The summed E-state index contributed by atoms with van der Waals surface area (Å²) in [5, 5.41) is 0. The minimum absolute atomic E-state index is 0.234. The van der Waals surface area contributed by atoms with Gasteiger partial charge in [-0.1, -0.05) is 6.58 Å². The Bertz CT molecular complexity index is 283. The average Bonchev–Trinajstić information content (AvgIpc) is 2.11. The summed E-state index contributed by atoms with van der Waals surface area (Å²) in [6.45, 7) is 2.49. The maximum absolute atomic E-state index is 12.5. The summed E-state index contributed by atoms with van der Waals surface area (Å²) in [4.78, 5) is 10.6. The van der Waals surface area contributed by atoms with Crippen LogP contribution in [0.2, 0.25) is 0 Å². The lowest BCUT2D eigenvalue weighted by molar-refractivity contribution is -0.306. The molecule has 1 atom stereocenters. The van der Waals surface area contributed by atoms with Crippen molar-refractivity contribution in [1.82, 2.24) is 0 Å². The van der Waals surface area contributed by atoms with Gasteiger partial charge in [0.05, 0.1) is 0 Å². The lowest BCUT2D eigenvalue weighted by atomic mass is 10.2. The zero-order valence-electron chi connectivity index (χ0n) is 8.08. The average molecular weight is 250 g/mol. The molecule has 0 saturated carbocycles. The van der Waals surface area contributed by atoms with Crippen LogP contribution >= 0.6 is 0 Å². The molecule has 0 aromatic heterocycles. The Hall–Kier alpha value is -1.21. The molecule has 0 bridgehead atoms. The van der Waals surface area contributed by atoms with Gasteiger partial charge in [-0.15, -0.1) is 0 Å². The van der Waals surface area contributed by atoms with E-state index in [-0.39, 0.29) is 5.57 Å². The van der Waals surface area contributed by atoms with Crippen molar-refractivity contribution in [1.29, 1.82) is 0 Å². The Morgan fingerprint density at radius 2 is 1.75 bits per heavy atom. The van der Waals surface area contributed by atoms with Gasteiger partial charge in [0, 0.05) is 5.57 Å². The van der Waals surface area contributed by atoms with Crippen LogP contribution in [0.3, 0.4) is 0 Å². The number of hydrogen-bond donors (Lipinski definition) is 0. The molecule has 0 aliphatic rings. The lowest BCUT2D eigenvalue weighted by Crippen LogP contribution is -2.47. The lowest BCUT2D eigenvalue weighted by Gasteiger charge is -2.22. The van der Waals surface area contributed by atoms with Gasteiger partial charge in [-0.05, 0) is 6.92 Å². The number of ether oxygens (including phenoxy) is 1. The second kappa shape index (κ2) is 4.75. The molecule has 0 aliphatic heterocycles. The van der Waals surface area contributed by atoms with E-state index in [0.717, 1.165) is 6.92 Å². The molecule has 8 heteroatoms. The van der Waals surface area contributed by atoms with Crippen LogP contribution in [0.15, 0.2) is 12.2 Å². The molecule has 0 radical (unpaired) electrons. The summed E-state index contributed by atoms with van der Waals surface area (Å²) < 4.78 is 75.8. The smallest absolute Gasteiger partial charge is 0.456 e. The number of rotatable bonds is 4. The highest BCUT2D eigenvalue weighted by Gasteiger charge is 2.63. The zero-order valence-corrected chi connectivity index (χ0v) is 8.08. The van der Waals surface area contributed by atoms with E-state index in [1.54, 1.807) is 0 Å². The van der Waals surface area contributed by atoms with Gasteiger partial charge in [-0.25, -0.2) is 9.18 Å². The van der Waals surface area contributed by atoms with Crippen molar-refractivity contribution in [3.8, 4) is 0 Å². The normalized spacial score (nSPS) is 14.4. The van der Waals surface area contributed by atoms with Crippen molar-refractivity contribution in [3.05, 3.63) is 12.2 Å². The second-order valence-electron chi connectivity index (χ2n) is 2.97. The molecule has 2 nitrogen and oxygen atoms in total. The van der Waals surface area contributed by atoms with E-state index in [1.165, 1.54) is 0 Å². The van der Waals surface area contributed by atoms with Crippen molar-refractivity contribution in [3.63, 3.8) is 0 Å². The molecule has 0 N–H and O–H groups in total. The minimum Gasteiger partial charge on any atom is -0.459 e. The fraction of sp³-hybridized carbons (Fsp3) is 0.625. The summed E-state index contributed by atoms with van der Waals surface area (Å²) in [7, 11) is 0. The molecule has 0 rings (SSSR count). The predicted molar refractivity (Wildman–Crippen MR) is 41.7 cm³/mol. The first-order chi connectivity index (χ1) is 7.00. The van der Waals surface area contributed by atoms with E-state index >= 15 is 0 Å². The topological polar surface area (TPSA) is 26.3 Å². The largest absolute Gasteiger partial charge is 0.459 e. The molecule has 0 aromatic carbocycles. The van der Waals surface area contributed by atoms with Crippen LogP contribution in [0.4, 0.5) is 26.3 Å². The standard InChI is InChI=1S/C8H8F6O2/c1-4(2)6(15)16-3-5(9)7(10,11)8(12,13)14/h5H,1,3H2,2H3. The maximum Gasteiger partial charge on any atom is 0.456 e. The zero-order chi connectivity index (χ0) is 13.1. The first-order valence-electron chi connectivity index (χ1n) is 3.91. The molecular formula is C8H8F6O2. The molecular weight excluding hydrogens is 242 g/mol. The van der Waals surface area contributed by atoms with Gasteiger partial charge in [0.15, 0.2) is 0 Å². The Balaban J connectivity index is 4.43. The van der Waals surface area contributed by atoms with Crippen molar-refractivity contribution in [2.75, 3.05) is 6.61 Å². The number of halogens is 6. The van der Waals surface area contributed by atoms with Gasteiger partial charge < -0.3 is 4.74 Å². The van der Waals surface area contributed by atoms with Gasteiger partial charge in [-0.3, -0.25) is 0 Å². The number of carbonyl (C=O) groups is 1. The molecule has 1 unspecified atom stereocenters. The highest BCUT2D eigenvalue weighted by Crippen LogP contribution is 2.39. The van der Waals surface area contributed by atoms with Gasteiger partial charge in [0.25, 0.3) is 0 Å². The molecule has 0 fully saturated rings. The molecule has 0 aliphatic carbocycles. The van der Waals surface area contributed by atoms with E-state index in [4.69, 9.17) is 0 Å². The fourth-order valence-electron chi connectivity index (χ4n) is 0.554. The quantitative estimate of drug-likeness (QED) is 0.435. The Kier molecular flexibility index (Phi) is 4.39. The molecule has 0 saturated heterocycles. The highest BCUT2D eigenvalue weighted by atomic mass is 19.4. The van der Waals surface area contributed by atoms with E-state index < -0.39 is 30.8 Å². The van der Waals surface area contributed by atoms with Crippen LogP contribution in [-0.2, 0) is 9.53 Å². The van der Waals surface area contributed by atoms with E-state index in [1.807, 2.05) is 0 Å². The Labute approximate surface area is 86.9 Å². The number of alkyl halides is 6. The SMILES string of the molecule is C=C(C)C(=O)OCC(F)C(F)(F)C(F)(F)F. The van der Waals surface area contributed by atoms with E-state index in [0.29, 0.717) is 0 Å². The Morgan fingerprint density at radius 3 is 2.06 bits per heavy atom. The maximum atomic E-state index is 12.5. The summed E-state index contributed by atoms with van der Waals surface area (Å²) in [6, 6.07) is 0. The summed E-state index contributed by atoms with van der Waals surface area (Å²) >= 11 is 0. The van der Waals surface area contributed by atoms with E-state index in [9.17, 15) is 31.1 Å². The molecule has 0 spiro atoms. The highest BCUT2D eigenvalue weighted by molar-refractivity contribution is 5.86. The van der Waals surface area contributed by atoms with Crippen molar-refractivity contribution in [2.24, 2.45) is 0 Å². The summed E-state index contributed by atoms with van der Waals surface area (Å²) in [5.41, 5.74) is -0.234. The first kappa shape index (κ1) is 14.8. The third-order valence-corrected chi connectivity index (χ3v) is 1.48. The van der Waals surface area contributed by atoms with Gasteiger partial charge in [0.1, 0.15) is 6.61 Å². The van der Waals surface area contributed by atoms with Crippen LogP contribution < -0.4 is 0 Å². The molecule has 16 heavy (non-hydrogen) atoms. The predicted octanol–water partition coefficient (Wildman–Crippen LogP) is 2.64. The third kappa shape index (κ3) is 3.42. The van der Waals surface area contributed by atoms with Gasteiger partial charge in [0.2, 0.25) is 6.17 Å². The van der Waals surface area contributed by atoms with Gasteiger partial charge >= 0.3 is 18.1 Å². The van der Waals surface area contributed by atoms with Crippen molar-refractivity contribution in [2.45, 2.75) is 25.2 Å². The third-order valence-electron chi connectivity index (χ3n) is 1.48. The first-order valence-corrected chi connectivity index (χ1v) is 3.91. The van der Waals surface area contributed by atoms with Crippen LogP contribution in [0.5, 0.6) is 0 Å². The number of hydrogen-bond acceptors (Lipinski definition) is 2. The molecule has 0 aromatic rings. The van der Waals surface area contributed by atoms with Crippen LogP contribution in [-0.4, -0.2) is 30.8 Å². The number of esters is 1. The summed E-state index contributed by atoms with van der Waals surface area (Å²) in [5.74, 6) is -6.79. The van der Waals surface area contributed by atoms with E-state index in [2.05, 4.69) is 11.3 Å². The number of carbonyl (C=O) groups excluding carboxylic acids is 1. The molecule has 0 amide bonds. The monoisotopic (exact) mass is 250 g/mol. The summed E-state index contributed by atoms with van der Waals surface area (Å²) in [6.07, 6.45) is -9.67. The molecule has 94 valence electrons. The van der Waals surface area contributed by atoms with Crippen LogP contribution in [0.25, 0.3) is 0 Å². The minimum atomic E-state index is -6.03. The van der Waals surface area contributed by atoms with Crippen LogP contribution in [0, 0.1) is 0 Å². The van der Waals surface area contributed by atoms with Crippen LogP contribution in [0.1, 0.15) is 6.92 Å².